The predicted octanol–water partition coefficient (Wildman–Crippen LogP) is 4.26. The van der Waals surface area contributed by atoms with Crippen LogP contribution in [-0.4, -0.2) is 11.1 Å². The summed E-state index contributed by atoms with van der Waals surface area (Å²) in [4.78, 5) is 11.1. The number of aromatic carboxylic acids is 1. The number of rotatable bonds is 4. The summed E-state index contributed by atoms with van der Waals surface area (Å²) in [5.41, 5.74) is 2.29. The van der Waals surface area contributed by atoms with E-state index < -0.39 is 5.97 Å². The minimum Gasteiger partial charge on any atom is -0.489 e. The van der Waals surface area contributed by atoms with Crippen molar-refractivity contribution in [3.8, 4) is 5.75 Å². The van der Waals surface area contributed by atoms with Crippen molar-refractivity contribution in [3.05, 3.63) is 65.2 Å². The van der Waals surface area contributed by atoms with Crippen LogP contribution in [0.15, 0.2) is 48.5 Å². The number of carbonyl (C=O) groups is 1. The molecule has 1 N–H and O–H groups in total. The first-order chi connectivity index (χ1) is 9.88. The Kier molecular flexibility index (Phi) is 4.32. The van der Waals surface area contributed by atoms with E-state index in [9.17, 15) is 4.79 Å². The normalized spacial score (nSPS) is 11.2. The Morgan fingerprint density at radius 3 is 2.24 bits per heavy atom. The van der Waals surface area contributed by atoms with Crippen molar-refractivity contribution in [2.45, 2.75) is 32.8 Å². The quantitative estimate of drug-likeness (QED) is 0.912. The topological polar surface area (TPSA) is 46.5 Å². The Labute approximate surface area is 125 Å². The third kappa shape index (κ3) is 3.85. The van der Waals surface area contributed by atoms with Crippen molar-refractivity contribution in [3.63, 3.8) is 0 Å². The molecular formula is C18H20O3. The molecule has 0 unspecified atom stereocenters. The van der Waals surface area contributed by atoms with Crippen LogP contribution in [0.4, 0.5) is 0 Å². The molecule has 0 radical (unpaired) electrons. The van der Waals surface area contributed by atoms with Gasteiger partial charge in [-0.2, -0.15) is 0 Å². The molecule has 0 amide bonds. The van der Waals surface area contributed by atoms with Gasteiger partial charge in [-0.15, -0.1) is 0 Å². The van der Waals surface area contributed by atoms with Gasteiger partial charge in [-0.3, -0.25) is 0 Å². The number of hydrogen-bond acceptors (Lipinski definition) is 2. The van der Waals surface area contributed by atoms with Crippen LogP contribution in [-0.2, 0) is 12.0 Å². The van der Waals surface area contributed by atoms with Gasteiger partial charge in [0.15, 0.2) is 0 Å². The Bertz CT molecular complexity index is 622. The highest BCUT2D eigenvalue weighted by Gasteiger charge is 2.13. The van der Waals surface area contributed by atoms with E-state index in [4.69, 9.17) is 9.84 Å². The highest BCUT2D eigenvalue weighted by Crippen LogP contribution is 2.24. The second-order valence-corrected chi connectivity index (χ2v) is 6.03. The first kappa shape index (κ1) is 15.1. The van der Waals surface area contributed by atoms with Gasteiger partial charge in [0.2, 0.25) is 0 Å². The summed E-state index contributed by atoms with van der Waals surface area (Å²) in [6.45, 7) is 6.72. The number of carboxylic acids is 1. The molecule has 3 heteroatoms. The minimum absolute atomic E-state index is 0.106. The first-order valence-electron chi connectivity index (χ1n) is 6.92. The molecule has 2 rings (SSSR count). The van der Waals surface area contributed by atoms with Gasteiger partial charge in [0.25, 0.3) is 0 Å². The summed E-state index contributed by atoms with van der Waals surface area (Å²) in [5, 5.41) is 9.13. The van der Waals surface area contributed by atoms with Crippen LogP contribution in [0.25, 0.3) is 0 Å². The van der Waals surface area contributed by atoms with Crippen molar-refractivity contribution in [1.82, 2.24) is 0 Å². The van der Waals surface area contributed by atoms with Gasteiger partial charge >= 0.3 is 5.97 Å². The fourth-order valence-corrected chi connectivity index (χ4v) is 2.07. The Balaban J connectivity index is 2.09. The van der Waals surface area contributed by atoms with E-state index in [1.807, 2.05) is 30.3 Å². The van der Waals surface area contributed by atoms with E-state index >= 15 is 0 Å². The molecule has 21 heavy (non-hydrogen) atoms. The second kappa shape index (κ2) is 6.00. The number of ether oxygens (including phenoxy) is 1. The Morgan fingerprint density at radius 2 is 1.67 bits per heavy atom. The molecule has 0 aromatic heterocycles. The van der Waals surface area contributed by atoms with Gasteiger partial charge in [0.05, 0.1) is 5.56 Å². The van der Waals surface area contributed by atoms with Crippen molar-refractivity contribution in [1.29, 1.82) is 0 Å². The average Bonchev–Trinajstić information content (AvgIpc) is 2.45. The standard InChI is InChI=1S/C18H20O3/c1-18(2,3)14-8-10-15(11-9-14)21-12-13-6-4-5-7-16(13)17(19)20/h4-11H,12H2,1-3H3,(H,19,20). The van der Waals surface area contributed by atoms with E-state index in [-0.39, 0.29) is 17.6 Å². The molecular weight excluding hydrogens is 264 g/mol. The van der Waals surface area contributed by atoms with Crippen LogP contribution >= 0.6 is 0 Å². The van der Waals surface area contributed by atoms with E-state index in [1.165, 1.54) is 5.56 Å². The average molecular weight is 284 g/mol. The highest BCUT2D eigenvalue weighted by molar-refractivity contribution is 5.89. The molecule has 0 saturated carbocycles. The molecule has 0 spiro atoms. The maximum atomic E-state index is 11.1. The Hall–Kier alpha value is -2.29. The van der Waals surface area contributed by atoms with Gasteiger partial charge in [-0.1, -0.05) is 51.1 Å². The zero-order valence-corrected chi connectivity index (χ0v) is 12.6. The molecule has 0 fully saturated rings. The fourth-order valence-electron chi connectivity index (χ4n) is 2.07. The van der Waals surface area contributed by atoms with E-state index in [0.29, 0.717) is 5.56 Å². The highest BCUT2D eigenvalue weighted by atomic mass is 16.5. The lowest BCUT2D eigenvalue weighted by Gasteiger charge is -2.19. The van der Waals surface area contributed by atoms with E-state index in [1.54, 1.807) is 18.2 Å². The van der Waals surface area contributed by atoms with Gasteiger partial charge in [0.1, 0.15) is 12.4 Å². The van der Waals surface area contributed by atoms with Crippen LogP contribution in [0.5, 0.6) is 5.75 Å². The van der Waals surface area contributed by atoms with Crippen molar-refractivity contribution >= 4 is 5.97 Å². The molecule has 0 aliphatic heterocycles. The van der Waals surface area contributed by atoms with Gasteiger partial charge in [0, 0.05) is 5.56 Å². The van der Waals surface area contributed by atoms with Crippen LogP contribution < -0.4 is 4.74 Å². The first-order valence-corrected chi connectivity index (χ1v) is 6.92. The van der Waals surface area contributed by atoms with Crippen LogP contribution in [0.2, 0.25) is 0 Å². The summed E-state index contributed by atoms with van der Waals surface area (Å²) in [7, 11) is 0. The predicted molar refractivity (Wildman–Crippen MR) is 82.9 cm³/mol. The van der Waals surface area contributed by atoms with Gasteiger partial charge in [-0.25, -0.2) is 4.79 Å². The maximum absolute atomic E-state index is 11.1. The largest absolute Gasteiger partial charge is 0.489 e. The molecule has 0 aliphatic rings. The van der Waals surface area contributed by atoms with Crippen LogP contribution in [0.1, 0.15) is 42.3 Å². The lowest BCUT2D eigenvalue weighted by Crippen LogP contribution is -2.10. The molecule has 2 aromatic carbocycles. The summed E-state index contributed by atoms with van der Waals surface area (Å²) in [5.74, 6) is -0.194. The zero-order valence-electron chi connectivity index (χ0n) is 12.6. The van der Waals surface area contributed by atoms with Crippen molar-refractivity contribution in [2.75, 3.05) is 0 Å². The molecule has 110 valence electrons. The Morgan fingerprint density at radius 1 is 1.05 bits per heavy atom. The van der Waals surface area contributed by atoms with Crippen molar-refractivity contribution < 1.29 is 14.6 Å². The third-order valence-electron chi connectivity index (χ3n) is 3.36. The fraction of sp³-hybridized carbons (Fsp3) is 0.278. The number of benzene rings is 2. The number of hydrogen-bond donors (Lipinski definition) is 1. The van der Waals surface area contributed by atoms with Gasteiger partial charge < -0.3 is 9.84 Å². The van der Waals surface area contributed by atoms with Crippen molar-refractivity contribution in [2.24, 2.45) is 0 Å². The number of carboxylic acid groups (broad SMARTS) is 1. The smallest absolute Gasteiger partial charge is 0.336 e. The lowest BCUT2D eigenvalue weighted by molar-refractivity contribution is 0.0694. The molecule has 0 bridgehead atoms. The molecule has 0 atom stereocenters. The molecule has 0 aliphatic carbocycles. The SMILES string of the molecule is CC(C)(C)c1ccc(OCc2ccccc2C(=O)O)cc1. The molecule has 2 aromatic rings. The molecule has 0 heterocycles. The summed E-state index contributed by atoms with van der Waals surface area (Å²) in [6.07, 6.45) is 0. The molecule has 3 nitrogen and oxygen atoms in total. The summed E-state index contributed by atoms with van der Waals surface area (Å²) >= 11 is 0. The monoisotopic (exact) mass is 284 g/mol. The van der Waals surface area contributed by atoms with Crippen LogP contribution in [0.3, 0.4) is 0 Å². The van der Waals surface area contributed by atoms with E-state index in [2.05, 4.69) is 20.8 Å². The zero-order chi connectivity index (χ0) is 15.5. The summed E-state index contributed by atoms with van der Waals surface area (Å²) < 4.78 is 5.69. The van der Waals surface area contributed by atoms with Gasteiger partial charge in [-0.05, 0) is 29.2 Å². The third-order valence-corrected chi connectivity index (χ3v) is 3.36. The molecule has 0 saturated heterocycles. The lowest BCUT2D eigenvalue weighted by atomic mass is 9.87. The van der Waals surface area contributed by atoms with E-state index in [0.717, 1.165) is 5.75 Å². The second-order valence-electron chi connectivity index (χ2n) is 6.03. The van der Waals surface area contributed by atoms with Crippen LogP contribution in [0, 0.1) is 0 Å². The maximum Gasteiger partial charge on any atom is 0.336 e. The summed E-state index contributed by atoms with van der Waals surface area (Å²) in [6, 6.07) is 14.8. The minimum atomic E-state index is -0.933.